The maximum Gasteiger partial charge on any atom is 0.231 e. The fourth-order valence-electron chi connectivity index (χ4n) is 1.66. The lowest BCUT2D eigenvalue weighted by atomic mass is 10.1. The number of fused-ring (bicyclic) bond motifs is 1. The summed E-state index contributed by atoms with van der Waals surface area (Å²) < 4.78 is 10.6. The molecule has 0 radical (unpaired) electrons. The molecule has 0 unspecified atom stereocenters. The average Bonchev–Trinajstić information content (AvgIpc) is 2.96. The van der Waals surface area contributed by atoms with Crippen LogP contribution in [0.5, 0.6) is 11.5 Å². The molecule has 86 valence electrons. The van der Waals surface area contributed by atoms with Gasteiger partial charge < -0.3 is 14.3 Å². The van der Waals surface area contributed by atoms with Crippen LogP contribution in [0.1, 0.15) is 5.01 Å². The number of thiazole rings is 1. The van der Waals surface area contributed by atoms with Gasteiger partial charge in [0.1, 0.15) is 11.3 Å². The molecule has 0 saturated heterocycles. The SMILES string of the molecule is O=CCc1nc(-c2ccc3c(c2)OCO3)cs1. The van der Waals surface area contributed by atoms with Gasteiger partial charge in [-0.1, -0.05) is 0 Å². The van der Waals surface area contributed by atoms with Crippen LogP contribution in [0.4, 0.5) is 0 Å². The van der Waals surface area contributed by atoms with Crippen molar-refractivity contribution in [3.63, 3.8) is 0 Å². The highest BCUT2D eigenvalue weighted by molar-refractivity contribution is 7.10. The van der Waals surface area contributed by atoms with E-state index in [4.69, 9.17) is 9.47 Å². The van der Waals surface area contributed by atoms with Crippen LogP contribution in [0.2, 0.25) is 0 Å². The molecule has 3 rings (SSSR count). The lowest BCUT2D eigenvalue weighted by molar-refractivity contribution is -0.107. The van der Waals surface area contributed by atoms with Crippen LogP contribution < -0.4 is 9.47 Å². The van der Waals surface area contributed by atoms with Crippen molar-refractivity contribution in [3.8, 4) is 22.8 Å². The summed E-state index contributed by atoms with van der Waals surface area (Å²) in [5.41, 5.74) is 1.84. The van der Waals surface area contributed by atoms with Crippen LogP contribution in [0.25, 0.3) is 11.3 Å². The summed E-state index contributed by atoms with van der Waals surface area (Å²) in [6.07, 6.45) is 1.23. The third-order valence-corrected chi connectivity index (χ3v) is 3.35. The Labute approximate surface area is 102 Å². The van der Waals surface area contributed by atoms with Gasteiger partial charge in [-0.25, -0.2) is 4.98 Å². The normalized spacial score (nSPS) is 12.7. The predicted molar refractivity (Wildman–Crippen MR) is 63.4 cm³/mol. The molecule has 1 aromatic carbocycles. The molecule has 0 saturated carbocycles. The van der Waals surface area contributed by atoms with Gasteiger partial charge in [-0.05, 0) is 18.2 Å². The smallest absolute Gasteiger partial charge is 0.231 e. The molecule has 0 aliphatic carbocycles. The Bertz CT molecular complexity index is 565. The van der Waals surface area contributed by atoms with E-state index in [9.17, 15) is 4.79 Å². The van der Waals surface area contributed by atoms with Gasteiger partial charge in [0.05, 0.1) is 12.1 Å². The largest absolute Gasteiger partial charge is 0.454 e. The molecule has 17 heavy (non-hydrogen) atoms. The third kappa shape index (κ3) is 1.89. The van der Waals surface area contributed by atoms with Gasteiger partial charge in [0.2, 0.25) is 6.79 Å². The summed E-state index contributed by atoms with van der Waals surface area (Å²) in [5.74, 6) is 1.50. The minimum atomic E-state index is 0.270. The number of aromatic nitrogens is 1. The lowest BCUT2D eigenvalue weighted by Gasteiger charge is -1.99. The molecule has 1 aromatic heterocycles. The number of ether oxygens (including phenoxy) is 2. The Morgan fingerprint density at radius 3 is 3.12 bits per heavy atom. The van der Waals surface area contributed by atoms with Crippen molar-refractivity contribution >= 4 is 17.6 Å². The highest BCUT2D eigenvalue weighted by Gasteiger charge is 2.14. The zero-order valence-corrected chi connectivity index (χ0v) is 9.70. The van der Waals surface area contributed by atoms with E-state index < -0.39 is 0 Å². The Kier molecular flexibility index (Phi) is 2.53. The van der Waals surface area contributed by atoms with Crippen molar-refractivity contribution in [2.75, 3.05) is 6.79 Å². The first-order valence-corrected chi connectivity index (χ1v) is 6.03. The van der Waals surface area contributed by atoms with Gasteiger partial charge in [0.25, 0.3) is 0 Å². The Hall–Kier alpha value is -1.88. The molecule has 1 aliphatic heterocycles. The van der Waals surface area contributed by atoms with Gasteiger partial charge in [0, 0.05) is 10.9 Å². The van der Waals surface area contributed by atoms with Gasteiger partial charge >= 0.3 is 0 Å². The fourth-order valence-corrected chi connectivity index (χ4v) is 2.42. The van der Waals surface area contributed by atoms with E-state index in [2.05, 4.69) is 4.98 Å². The van der Waals surface area contributed by atoms with Gasteiger partial charge in [-0.2, -0.15) is 0 Å². The van der Waals surface area contributed by atoms with Crippen molar-refractivity contribution < 1.29 is 14.3 Å². The molecule has 1 aliphatic rings. The maximum atomic E-state index is 10.4. The number of carbonyl (C=O) groups excluding carboxylic acids is 1. The number of nitrogens with zero attached hydrogens (tertiary/aromatic N) is 1. The molecule has 0 spiro atoms. The molecule has 0 fully saturated rings. The summed E-state index contributed by atoms with van der Waals surface area (Å²) in [6.45, 7) is 0.270. The topological polar surface area (TPSA) is 48.4 Å². The summed E-state index contributed by atoms with van der Waals surface area (Å²) in [4.78, 5) is 14.8. The Morgan fingerprint density at radius 1 is 1.35 bits per heavy atom. The first kappa shape index (κ1) is 10.3. The zero-order chi connectivity index (χ0) is 11.7. The van der Waals surface area contributed by atoms with E-state index >= 15 is 0 Å². The summed E-state index contributed by atoms with van der Waals surface area (Å²) in [5, 5.41) is 2.77. The minimum absolute atomic E-state index is 0.270. The quantitative estimate of drug-likeness (QED) is 0.781. The van der Waals surface area contributed by atoms with E-state index in [-0.39, 0.29) is 6.79 Å². The number of aldehydes is 1. The van der Waals surface area contributed by atoms with Crippen LogP contribution >= 0.6 is 11.3 Å². The highest BCUT2D eigenvalue weighted by atomic mass is 32.1. The number of benzene rings is 1. The van der Waals surface area contributed by atoms with Crippen LogP contribution in [0.15, 0.2) is 23.6 Å². The summed E-state index contributed by atoms with van der Waals surface area (Å²) in [6, 6.07) is 5.71. The molecule has 5 heteroatoms. The first-order chi connectivity index (χ1) is 8.36. The second-order valence-corrected chi connectivity index (χ2v) is 4.51. The number of carbonyl (C=O) groups is 1. The predicted octanol–water partition coefficient (Wildman–Crippen LogP) is 2.28. The number of rotatable bonds is 3. The van der Waals surface area contributed by atoms with Crippen molar-refractivity contribution in [3.05, 3.63) is 28.6 Å². The molecule has 2 heterocycles. The number of hydrogen-bond donors (Lipinski definition) is 0. The second-order valence-electron chi connectivity index (χ2n) is 3.57. The van der Waals surface area contributed by atoms with Crippen molar-refractivity contribution in [2.45, 2.75) is 6.42 Å². The Morgan fingerprint density at radius 2 is 2.24 bits per heavy atom. The molecule has 0 amide bonds. The number of hydrogen-bond acceptors (Lipinski definition) is 5. The maximum absolute atomic E-state index is 10.4. The van der Waals surface area contributed by atoms with Crippen molar-refractivity contribution in [1.82, 2.24) is 4.98 Å². The standard InChI is InChI=1S/C12H9NO3S/c14-4-3-12-13-9(6-17-12)8-1-2-10-11(5-8)16-7-15-10/h1-2,4-6H,3,7H2. The molecule has 2 aromatic rings. The monoisotopic (exact) mass is 247 g/mol. The van der Waals surface area contributed by atoms with E-state index in [1.165, 1.54) is 11.3 Å². The fraction of sp³-hybridized carbons (Fsp3) is 0.167. The van der Waals surface area contributed by atoms with Crippen LogP contribution in [-0.2, 0) is 11.2 Å². The third-order valence-electron chi connectivity index (χ3n) is 2.48. The Balaban J connectivity index is 1.94. The molecular weight excluding hydrogens is 238 g/mol. The molecule has 0 bridgehead atoms. The van der Waals surface area contributed by atoms with Gasteiger partial charge in [-0.3, -0.25) is 0 Å². The molecule has 0 N–H and O–H groups in total. The molecule has 0 atom stereocenters. The summed E-state index contributed by atoms with van der Waals surface area (Å²) >= 11 is 1.49. The molecular formula is C12H9NO3S. The average molecular weight is 247 g/mol. The zero-order valence-electron chi connectivity index (χ0n) is 8.88. The van der Waals surface area contributed by atoms with E-state index in [1.807, 2.05) is 23.6 Å². The van der Waals surface area contributed by atoms with E-state index in [0.29, 0.717) is 6.42 Å². The van der Waals surface area contributed by atoms with E-state index in [1.54, 1.807) is 0 Å². The van der Waals surface area contributed by atoms with Crippen LogP contribution in [-0.4, -0.2) is 18.1 Å². The minimum Gasteiger partial charge on any atom is -0.454 e. The van der Waals surface area contributed by atoms with Crippen molar-refractivity contribution in [1.29, 1.82) is 0 Å². The highest BCUT2D eigenvalue weighted by Crippen LogP contribution is 2.36. The second kappa shape index (κ2) is 4.18. The lowest BCUT2D eigenvalue weighted by Crippen LogP contribution is -1.92. The van der Waals surface area contributed by atoms with Gasteiger partial charge in [-0.15, -0.1) is 11.3 Å². The first-order valence-electron chi connectivity index (χ1n) is 5.15. The molecule has 4 nitrogen and oxygen atoms in total. The van der Waals surface area contributed by atoms with Gasteiger partial charge in [0.15, 0.2) is 11.5 Å². The van der Waals surface area contributed by atoms with Crippen LogP contribution in [0.3, 0.4) is 0 Å². The van der Waals surface area contributed by atoms with Crippen molar-refractivity contribution in [2.24, 2.45) is 0 Å². The van der Waals surface area contributed by atoms with E-state index in [0.717, 1.165) is 34.1 Å². The summed E-state index contributed by atoms with van der Waals surface area (Å²) in [7, 11) is 0. The van der Waals surface area contributed by atoms with Crippen LogP contribution in [0, 0.1) is 0 Å².